The number of nitrogens with zero attached hydrogens (tertiary/aromatic N) is 1. The third kappa shape index (κ3) is 3.48. The minimum atomic E-state index is -0.102. The number of fused-ring (bicyclic) bond motifs is 1. The molecular formula is C18H22N2O3S. The van der Waals surface area contributed by atoms with Gasteiger partial charge in [-0.25, -0.2) is 4.79 Å². The highest BCUT2D eigenvalue weighted by Gasteiger charge is 2.22. The number of ether oxygens (including phenoxy) is 1. The molecule has 0 aliphatic carbocycles. The molecule has 1 unspecified atom stereocenters. The van der Waals surface area contributed by atoms with Crippen LogP contribution in [0.15, 0.2) is 24.3 Å². The van der Waals surface area contributed by atoms with Crippen molar-refractivity contribution in [2.45, 2.75) is 33.4 Å². The normalized spacial score (nSPS) is 15.2. The maximum absolute atomic E-state index is 12.6. The predicted octanol–water partition coefficient (Wildman–Crippen LogP) is 3.74. The summed E-state index contributed by atoms with van der Waals surface area (Å²) in [6.45, 7) is 7.55. The lowest BCUT2D eigenvalue weighted by Gasteiger charge is -2.23. The van der Waals surface area contributed by atoms with Crippen molar-refractivity contribution in [3.05, 3.63) is 45.1 Å². The van der Waals surface area contributed by atoms with E-state index in [0.717, 1.165) is 5.56 Å². The van der Waals surface area contributed by atoms with Gasteiger partial charge in [-0.3, -0.25) is 0 Å². The Balaban J connectivity index is 1.71. The summed E-state index contributed by atoms with van der Waals surface area (Å²) in [5.74, 6) is 0.811. The largest absolute Gasteiger partial charge is 0.508 e. The van der Waals surface area contributed by atoms with E-state index in [9.17, 15) is 9.90 Å². The highest BCUT2D eigenvalue weighted by Crippen LogP contribution is 2.28. The fourth-order valence-electron chi connectivity index (χ4n) is 2.97. The lowest BCUT2D eigenvalue weighted by molar-refractivity contribution is 0.184. The second-order valence-electron chi connectivity index (χ2n) is 6.10. The molecule has 3 rings (SSSR count). The van der Waals surface area contributed by atoms with Gasteiger partial charge in [-0.05, 0) is 44.5 Å². The van der Waals surface area contributed by atoms with Crippen molar-refractivity contribution in [2.75, 3.05) is 13.2 Å². The Labute approximate surface area is 145 Å². The molecule has 128 valence electrons. The molecule has 24 heavy (non-hydrogen) atoms. The number of nitrogens with one attached hydrogen (secondary N) is 1. The van der Waals surface area contributed by atoms with Gasteiger partial charge in [0.15, 0.2) is 0 Å². The first-order valence-electron chi connectivity index (χ1n) is 8.01. The molecule has 6 heteroatoms. The summed E-state index contributed by atoms with van der Waals surface area (Å²) >= 11 is 1.75. The number of carbonyl (C=O) groups is 1. The van der Waals surface area contributed by atoms with E-state index in [1.54, 1.807) is 34.4 Å². The van der Waals surface area contributed by atoms with E-state index in [0.29, 0.717) is 25.4 Å². The minimum Gasteiger partial charge on any atom is -0.508 e. The molecule has 2 amide bonds. The molecule has 1 aliphatic rings. The topological polar surface area (TPSA) is 61.8 Å². The Kier molecular flexibility index (Phi) is 4.66. The van der Waals surface area contributed by atoms with Crippen molar-refractivity contribution < 1.29 is 14.6 Å². The molecule has 5 nitrogen and oxygen atoms in total. The lowest BCUT2D eigenvalue weighted by Crippen LogP contribution is -2.41. The molecule has 2 aromatic rings. The van der Waals surface area contributed by atoms with E-state index >= 15 is 0 Å². The molecular weight excluding hydrogens is 324 g/mol. The van der Waals surface area contributed by atoms with Gasteiger partial charge in [-0.15, -0.1) is 11.3 Å². The molecule has 0 fully saturated rings. The first-order valence-corrected chi connectivity index (χ1v) is 8.82. The molecule has 0 spiro atoms. The number of hydrogen-bond donors (Lipinski definition) is 2. The van der Waals surface area contributed by atoms with Crippen LogP contribution in [0.2, 0.25) is 0 Å². The fourth-order valence-corrected chi connectivity index (χ4v) is 3.99. The number of urea groups is 1. The first kappa shape index (κ1) is 16.6. The molecule has 2 N–H and O–H groups in total. The first-order chi connectivity index (χ1) is 11.4. The Morgan fingerprint density at radius 2 is 2.17 bits per heavy atom. The Bertz CT molecular complexity index is 757. The van der Waals surface area contributed by atoms with Gasteiger partial charge in [-0.2, -0.15) is 0 Å². The van der Waals surface area contributed by atoms with Crippen LogP contribution >= 0.6 is 11.3 Å². The van der Waals surface area contributed by atoms with Crippen molar-refractivity contribution in [1.82, 2.24) is 10.2 Å². The van der Waals surface area contributed by atoms with Crippen LogP contribution < -0.4 is 10.1 Å². The molecule has 0 radical (unpaired) electrons. The standard InChI is InChI=1S/C18H22N2O3S/c1-11-8-16(13(3)24-11)12(2)19-18(22)20-6-7-23-17-9-15(21)5-4-14(17)10-20/h4-5,8-9,12,21H,6-7,10H2,1-3H3,(H,19,22). The molecule has 0 bridgehead atoms. The minimum absolute atomic E-state index is 0.0362. The number of aromatic hydroxyl groups is 1. The fraction of sp³-hybridized carbons (Fsp3) is 0.389. The van der Waals surface area contributed by atoms with Gasteiger partial charge in [-0.1, -0.05) is 0 Å². The Hall–Kier alpha value is -2.21. The summed E-state index contributed by atoms with van der Waals surface area (Å²) in [5.41, 5.74) is 2.07. The van der Waals surface area contributed by atoms with Gasteiger partial charge in [0, 0.05) is 21.4 Å². The summed E-state index contributed by atoms with van der Waals surface area (Å²) in [6.07, 6.45) is 0. The van der Waals surface area contributed by atoms with Crippen molar-refractivity contribution >= 4 is 17.4 Å². The number of rotatable bonds is 2. The monoisotopic (exact) mass is 346 g/mol. The third-order valence-electron chi connectivity index (χ3n) is 4.20. The Morgan fingerprint density at radius 3 is 2.88 bits per heavy atom. The van der Waals surface area contributed by atoms with Crippen molar-refractivity contribution in [2.24, 2.45) is 0 Å². The number of thiophene rings is 1. The molecule has 2 heterocycles. The summed E-state index contributed by atoms with van der Waals surface area (Å²) in [4.78, 5) is 16.9. The van der Waals surface area contributed by atoms with Crippen molar-refractivity contribution in [1.29, 1.82) is 0 Å². The van der Waals surface area contributed by atoms with E-state index in [1.165, 1.54) is 15.3 Å². The number of carbonyl (C=O) groups excluding carboxylic acids is 1. The molecule has 0 saturated carbocycles. The van der Waals surface area contributed by atoms with Crippen LogP contribution in [0.1, 0.15) is 33.8 Å². The predicted molar refractivity (Wildman–Crippen MR) is 94.8 cm³/mol. The highest BCUT2D eigenvalue weighted by molar-refractivity contribution is 7.12. The number of amides is 2. The van der Waals surface area contributed by atoms with Crippen LogP contribution in [0.4, 0.5) is 4.79 Å². The number of hydrogen-bond acceptors (Lipinski definition) is 4. The summed E-state index contributed by atoms with van der Waals surface area (Å²) < 4.78 is 5.64. The molecule has 1 atom stereocenters. The quantitative estimate of drug-likeness (QED) is 0.871. The van der Waals surface area contributed by atoms with Gasteiger partial charge in [0.05, 0.1) is 19.1 Å². The van der Waals surface area contributed by atoms with Crippen molar-refractivity contribution in [3.8, 4) is 11.5 Å². The zero-order valence-corrected chi connectivity index (χ0v) is 14.9. The van der Waals surface area contributed by atoms with Crippen LogP contribution in [-0.4, -0.2) is 29.2 Å². The maximum atomic E-state index is 12.6. The summed E-state index contributed by atoms with van der Waals surface area (Å²) in [5, 5.41) is 12.6. The van der Waals surface area contributed by atoms with Crippen LogP contribution in [0, 0.1) is 13.8 Å². The van der Waals surface area contributed by atoms with Crippen LogP contribution in [0.3, 0.4) is 0 Å². The summed E-state index contributed by atoms with van der Waals surface area (Å²) in [7, 11) is 0. The van der Waals surface area contributed by atoms with E-state index < -0.39 is 0 Å². The number of benzene rings is 1. The van der Waals surface area contributed by atoms with Crippen LogP contribution in [0.5, 0.6) is 11.5 Å². The number of phenols is 1. The summed E-state index contributed by atoms with van der Waals surface area (Å²) in [6, 6.07) is 7.00. The lowest BCUT2D eigenvalue weighted by atomic mass is 10.1. The SMILES string of the molecule is Cc1cc(C(C)NC(=O)N2CCOc3cc(O)ccc3C2)c(C)s1. The average molecular weight is 346 g/mol. The second kappa shape index (κ2) is 6.73. The molecule has 1 aromatic heterocycles. The van der Waals surface area contributed by atoms with Crippen LogP contribution in [0.25, 0.3) is 0 Å². The molecule has 1 aliphatic heterocycles. The van der Waals surface area contributed by atoms with Gasteiger partial charge in [0.25, 0.3) is 0 Å². The smallest absolute Gasteiger partial charge is 0.318 e. The maximum Gasteiger partial charge on any atom is 0.318 e. The van der Waals surface area contributed by atoms with E-state index in [4.69, 9.17) is 4.74 Å². The second-order valence-corrected chi connectivity index (χ2v) is 7.56. The molecule has 1 aromatic carbocycles. The highest BCUT2D eigenvalue weighted by atomic mass is 32.1. The van der Waals surface area contributed by atoms with Gasteiger partial charge < -0.3 is 20.1 Å². The third-order valence-corrected chi connectivity index (χ3v) is 5.19. The van der Waals surface area contributed by atoms with Crippen LogP contribution in [-0.2, 0) is 6.54 Å². The van der Waals surface area contributed by atoms with Crippen molar-refractivity contribution in [3.63, 3.8) is 0 Å². The van der Waals surface area contributed by atoms with Gasteiger partial charge in [0.2, 0.25) is 0 Å². The van der Waals surface area contributed by atoms with E-state index in [2.05, 4.69) is 25.2 Å². The van der Waals surface area contributed by atoms with E-state index in [1.807, 2.05) is 6.92 Å². The van der Waals surface area contributed by atoms with Gasteiger partial charge >= 0.3 is 6.03 Å². The van der Waals surface area contributed by atoms with Gasteiger partial charge in [0.1, 0.15) is 18.1 Å². The number of phenolic OH excluding ortho intramolecular Hbond substituents is 1. The Morgan fingerprint density at radius 1 is 1.38 bits per heavy atom. The zero-order valence-electron chi connectivity index (χ0n) is 14.1. The molecule has 0 saturated heterocycles. The zero-order chi connectivity index (χ0) is 17.3. The average Bonchev–Trinajstić information content (AvgIpc) is 2.74. The van der Waals surface area contributed by atoms with E-state index in [-0.39, 0.29) is 17.8 Å². The number of aryl methyl sites for hydroxylation is 2.